The molecule has 1 atom stereocenters. The lowest BCUT2D eigenvalue weighted by Crippen LogP contribution is -2.27. The lowest BCUT2D eigenvalue weighted by atomic mass is 10.1. The molecule has 2 N–H and O–H groups in total. The van der Waals surface area contributed by atoms with Crippen molar-refractivity contribution in [2.45, 2.75) is 19.0 Å². The largest absolute Gasteiger partial charge is 0.416 e. The first-order chi connectivity index (χ1) is 9.88. The zero-order valence-corrected chi connectivity index (χ0v) is 12.9. The Morgan fingerprint density at radius 2 is 2.19 bits per heavy atom. The minimum Gasteiger partial charge on any atom is -0.352 e. The van der Waals surface area contributed by atoms with Gasteiger partial charge in [-0.1, -0.05) is 0 Å². The summed E-state index contributed by atoms with van der Waals surface area (Å²) in [7, 11) is 0. The summed E-state index contributed by atoms with van der Waals surface area (Å²) in [6.45, 7) is 2.38. The Bertz CT molecular complexity index is 513. The van der Waals surface area contributed by atoms with E-state index in [2.05, 4.69) is 26.6 Å². The molecule has 1 aliphatic rings. The van der Waals surface area contributed by atoms with Crippen molar-refractivity contribution in [2.75, 3.05) is 19.6 Å². The van der Waals surface area contributed by atoms with Gasteiger partial charge in [-0.05, 0) is 66.0 Å². The summed E-state index contributed by atoms with van der Waals surface area (Å²) < 4.78 is 38.4. The molecular weight excluding hydrogens is 349 g/mol. The van der Waals surface area contributed by atoms with E-state index in [9.17, 15) is 18.0 Å². The van der Waals surface area contributed by atoms with Crippen molar-refractivity contribution in [1.29, 1.82) is 0 Å². The molecule has 3 nitrogen and oxygen atoms in total. The minimum atomic E-state index is -4.45. The van der Waals surface area contributed by atoms with Crippen molar-refractivity contribution in [3.05, 3.63) is 33.8 Å². The van der Waals surface area contributed by atoms with Crippen LogP contribution in [0.2, 0.25) is 0 Å². The van der Waals surface area contributed by atoms with Crippen LogP contribution in [-0.4, -0.2) is 25.5 Å². The van der Waals surface area contributed by atoms with Crippen LogP contribution in [0.5, 0.6) is 0 Å². The number of halogens is 4. The second-order valence-corrected chi connectivity index (χ2v) is 5.95. The molecule has 116 valence electrons. The van der Waals surface area contributed by atoms with Crippen LogP contribution < -0.4 is 10.6 Å². The standard InChI is InChI=1S/C14H16BrF3N2O/c15-12-2-1-10(14(16,17)18)7-11(12)13(21)20-6-4-9-3-5-19-8-9/h1-2,7,9,19H,3-6,8H2,(H,20,21). The number of carbonyl (C=O) groups is 1. The summed E-state index contributed by atoms with van der Waals surface area (Å²) in [6, 6.07) is 3.07. The van der Waals surface area contributed by atoms with Gasteiger partial charge in [0.1, 0.15) is 0 Å². The van der Waals surface area contributed by atoms with Crippen LogP contribution in [0.3, 0.4) is 0 Å². The lowest BCUT2D eigenvalue weighted by molar-refractivity contribution is -0.137. The van der Waals surface area contributed by atoms with E-state index in [1.807, 2.05) is 0 Å². The fraction of sp³-hybridized carbons (Fsp3) is 0.500. The Kier molecular flexibility index (Phi) is 5.27. The Hall–Kier alpha value is -1.08. The molecule has 2 rings (SSSR count). The number of rotatable bonds is 4. The van der Waals surface area contributed by atoms with Crippen LogP contribution >= 0.6 is 15.9 Å². The van der Waals surface area contributed by atoms with Gasteiger partial charge in [0.05, 0.1) is 11.1 Å². The highest BCUT2D eigenvalue weighted by atomic mass is 79.9. The first kappa shape index (κ1) is 16.3. The van der Waals surface area contributed by atoms with Crippen LogP contribution in [0.25, 0.3) is 0 Å². The second kappa shape index (κ2) is 6.79. The van der Waals surface area contributed by atoms with Crippen molar-refractivity contribution in [3.8, 4) is 0 Å². The molecule has 0 aromatic heterocycles. The predicted octanol–water partition coefficient (Wildman–Crippen LogP) is 3.20. The van der Waals surface area contributed by atoms with Gasteiger partial charge in [0.15, 0.2) is 0 Å². The summed E-state index contributed by atoms with van der Waals surface area (Å²) in [4.78, 5) is 12.0. The molecule has 7 heteroatoms. The third-order valence-electron chi connectivity index (χ3n) is 3.54. The van der Waals surface area contributed by atoms with Gasteiger partial charge in [-0.2, -0.15) is 13.2 Å². The number of nitrogens with one attached hydrogen (secondary N) is 2. The maximum Gasteiger partial charge on any atom is 0.416 e. The average molecular weight is 365 g/mol. The van der Waals surface area contributed by atoms with Gasteiger partial charge in [-0.15, -0.1) is 0 Å². The van der Waals surface area contributed by atoms with E-state index in [-0.39, 0.29) is 5.56 Å². The molecule has 0 aliphatic carbocycles. The maximum absolute atomic E-state index is 12.7. The molecule has 1 aliphatic heterocycles. The molecule has 0 saturated carbocycles. The third kappa shape index (κ3) is 4.44. The molecular formula is C14H16BrF3N2O. The fourth-order valence-electron chi connectivity index (χ4n) is 2.32. The van der Waals surface area contributed by atoms with Gasteiger partial charge in [-0.25, -0.2) is 0 Å². The van der Waals surface area contributed by atoms with E-state index in [0.29, 0.717) is 16.9 Å². The molecule has 1 amide bonds. The highest BCUT2D eigenvalue weighted by molar-refractivity contribution is 9.10. The van der Waals surface area contributed by atoms with E-state index < -0.39 is 17.6 Å². The van der Waals surface area contributed by atoms with Crippen LogP contribution in [0.4, 0.5) is 13.2 Å². The molecule has 1 heterocycles. The molecule has 21 heavy (non-hydrogen) atoms. The Balaban J connectivity index is 1.97. The third-order valence-corrected chi connectivity index (χ3v) is 4.23. The molecule has 0 bridgehead atoms. The number of benzene rings is 1. The van der Waals surface area contributed by atoms with Gasteiger partial charge in [0, 0.05) is 11.0 Å². The summed E-state index contributed by atoms with van der Waals surface area (Å²) in [5, 5.41) is 5.91. The maximum atomic E-state index is 12.7. The van der Waals surface area contributed by atoms with Crippen molar-refractivity contribution < 1.29 is 18.0 Å². The number of hydrogen-bond acceptors (Lipinski definition) is 2. The molecule has 0 spiro atoms. The summed E-state index contributed by atoms with van der Waals surface area (Å²) in [5.41, 5.74) is -0.815. The quantitative estimate of drug-likeness (QED) is 0.861. The normalized spacial score (nSPS) is 18.8. The number of amides is 1. The number of carbonyl (C=O) groups excluding carboxylic acids is 1. The zero-order chi connectivity index (χ0) is 15.5. The minimum absolute atomic E-state index is 0.00868. The van der Waals surface area contributed by atoms with E-state index >= 15 is 0 Å². The fourth-order valence-corrected chi connectivity index (χ4v) is 2.75. The topological polar surface area (TPSA) is 41.1 Å². The molecule has 1 aromatic rings. The van der Waals surface area contributed by atoms with Crippen LogP contribution in [-0.2, 0) is 6.18 Å². The highest BCUT2D eigenvalue weighted by Crippen LogP contribution is 2.31. The summed E-state index contributed by atoms with van der Waals surface area (Å²) in [5.74, 6) is 0.0363. The Morgan fingerprint density at radius 3 is 2.81 bits per heavy atom. The van der Waals surface area contributed by atoms with Gasteiger partial charge >= 0.3 is 6.18 Å². The monoisotopic (exact) mass is 364 g/mol. The Labute approximate surface area is 129 Å². The molecule has 1 aromatic carbocycles. The Morgan fingerprint density at radius 1 is 1.43 bits per heavy atom. The lowest BCUT2D eigenvalue weighted by Gasteiger charge is -2.12. The van der Waals surface area contributed by atoms with Gasteiger partial charge in [0.25, 0.3) is 5.91 Å². The smallest absolute Gasteiger partial charge is 0.352 e. The van der Waals surface area contributed by atoms with E-state index in [4.69, 9.17) is 0 Å². The SMILES string of the molecule is O=C(NCCC1CCNC1)c1cc(C(F)(F)F)ccc1Br. The van der Waals surface area contributed by atoms with Crippen molar-refractivity contribution in [2.24, 2.45) is 5.92 Å². The van der Waals surface area contributed by atoms with Gasteiger partial charge in [-0.3, -0.25) is 4.79 Å². The van der Waals surface area contributed by atoms with Crippen molar-refractivity contribution >= 4 is 21.8 Å². The van der Waals surface area contributed by atoms with Crippen LogP contribution in [0, 0.1) is 5.92 Å². The predicted molar refractivity (Wildman–Crippen MR) is 77.1 cm³/mol. The van der Waals surface area contributed by atoms with Gasteiger partial charge in [0.2, 0.25) is 0 Å². The van der Waals surface area contributed by atoms with Crippen LogP contribution in [0.1, 0.15) is 28.8 Å². The molecule has 1 unspecified atom stereocenters. The highest BCUT2D eigenvalue weighted by Gasteiger charge is 2.31. The van der Waals surface area contributed by atoms with E-state index in [1.165, 1.54) is 6.07 Å². The molecule has 1 saturated heterocycles. The summed E-state index contributed by atoms with van der Waals surface area (Å²) >= 11 is 3.12. The van der Waals surface area contributed by atoms with Crippen molar-refractivity contribution in [3.63, 3.8) is 0 Å². The average Bonchev–Trinajstić information content (AvgIpc) is 2.91. The van der Waals surface area contributed by atoms with E-state index in [0.717, 1.165) is 38.1 Å². The number of hydrogen-bond donors (Lipinski definition) is 2. The molecule has 0 radical (unpaired) electrons. The second-order valence-electron chi connectivity index (χ2n) is 5.10. The van der Waals surface area contributed by atoms with Crippen molar-refractivity contribution in [1.82, 2.24) is 10.6 Å². The van der Waals surface area contributed by atoms with E-state index in [1.54, 1.807) is 0 Å². The first-order valence-electron chi connectivity index (χ1n) is 6.73. The molecule has 1 fully saturated rings. The summed E-state index contributed by atoms with van der Waals surface area (Å²) in [6.07, 6.45) is -2.55. The van der Waals surface area contributed by atoms with Gasteiger partial charge < -0.3 is 10.6 Å². The first-order valence-corrected chi connectivity index (χ1v) is 7.53. The van der Waals surface area contributed by atoms with Crippen LogP contribution in [0.15, 0.2) is 22.7 Å². The zero-order valence-electron chi connectivity index (χ0n) is 11.3. The number of alkyl halides is 3.